The van der Waals surface area contributed by atoms with E-state index < -0.39 is 42.8 Å². The zero-order chi connectivity index (χ0) is 21.5. The van der Waals surface area contributed by atoms with Gasteiger partial charge in [-0.3, -0.25) is 9.59 Å². The van der Waals surface area contributed by atoms with E-state index in [1.165, 1.54) is 6.92 Å². The highest BCUT2D eigenvalue weighted by atomic mass is 19.2. The second-order valence-corrected chi connectivity index (χ2v) is 7.81. The van der Waals surface area contributed by atoms with E-state index in [4.69, 9.17) is 4.42 Å². The van der Waals surface area contributed by atoms with Gasteiger partial charge in [-0.2, -0.15) is 0 Å². The lowest BCUT2D eigenvalue weighted by Crippen LogP contribution is -2.46. The van der Waals surface area contributed by atoms with Gasteiger partial charge in [-0.25, -0.2) is 8.78 Å². The number of aliphatic hydroxyl groups excluding tert-OH is 1. The van der Waals surface area contributed by atoms with Crippen molar-refractivity contribution < 1.29 is 27.9 Å². The molecule has 0 radical (unpaired) electrons. The molecule has 3 aromatic rings. The molecule has 0 saturated carbocycles. The average Bonchev–Trinajstić information content (AvgIpc) is 3.30. The third-order valence-corrected chi connectivity index (χ3v) is 5.58. The van der Waals surface area contributed by atoms with Crippen molar-refractivity contribution in [3.8, 4) is 0 Å². The average molecular weight is 416 g/mol. The van der Waals surface area contributed by atoms with E-state index in [9.17, 15) is 23.5 Å². The van der Waals surface area contributed by atoms with Gasteiger partial charge in [0.05, 0.1) is 25.2 Å². The topological polar surface area (TPSA) is 82.8 Å². The van der Waals surface area contributed by atoms with E-state index in [0.29, 0.717) is 16.7 Å². The number of amides is 2. The van der Waals surface area contributed by atoms with Crippen LogP contribution < -0.4 is 5.32 Å². The number of nitrogens with zero attached hydrogens (tertiary/aromatic N) is 1. The van der Waals surface area contributed by atoms with E-state index in [1.54, 1.807) is 18.2 Å². The number of carbonyl (C=O) groups is 2. The number of nitrogens with one attached hydrogen (secondary N) is 1. The Labute approximate surface area is 171 Å². The zero-order valence-electron chi connectivity index (χ0n) is 16.4. The molecule has 8 heteroatoms. The minimum Gasteiger partial charge on any atom is -0.456 e. The molecule has 30 heavy (non-hydrogen) atoms. The number of halogens is 2. The van der Waals surface area contributed by atoms with E-state index in [-0.39, 0.29) is 13.0 Å². The fourth-order valence-corrected chi connectivity index (χ4v) is 4.00. The first-order chi connectivity index (χ1) is 14.3. The molecule has 158 valence electrons. The first kappa shape index (κ1) is 20.3. The highest BCUT2D eigenvalue weighted by Crippen LogP contribution is 2.33. The number of fused-ring (bicyclic) bond motifs is 3. The summed E-state index contributed by atoms with van der Waals surface area (Å²) in [6.45, 7) is -0.627. The first-order valence-corrected chi connectivity index (χ1v) is 9.73. The Bertz CT molecular complexity index is 1110. The van der Waals surface area contributed by atoms with Crippen molar-refractivity contribution in [2.45, 2.75) is 31.2 Å². The summed E-state index contributed by atoms with van der Waals surface area (Å²) in [5, 5.41) is 14.0. The molecule has 4 rings (SSSR count). The SMILES string of the molecule is CC(O)[C@@H]1C[C@](F)(CF)CN1C(=O)CNC(=O)c1ccc2oc3ccccc3c2c1. The molecule has 0 spiro atoms. The second kappa shape index (κ2) is 7.68. The van der Waals surface area contributed by atoms with Gasteiger partial charge in [-0.1, -0.05) is 18.2 Å². The number of alkyl halides is 2. The van der Waals surface area contributed by atoms with Gasteiger partial charge in [-0.15, -0.1) is 0 Å². The van der Waals surface area contributed by atoms with E-state index in [0.717, 1.165) is 15.7 Å². The number of benzene rings is 2. The maximum Gasteiger partial charge on any atom is 0.251 e. The molecule has 1 unspecified atom stereocenters. The van der Waals surface area contributed by atoms with Crippen molar-refractivity contribution in [2.24, 2.45) is 0 Å². The van der Waals surface area contributed by atoms with Gasteiger partial charge in [0.1, 0.15) is 17.8 Å². The summed E-state index contributed by atoms with van der Waals surface area (Å²) >= 11 is 0. The number of rotatable bonds is 5. The van der Waals surface area contributed by atoms with Crippen molar-refractivity contribution in [3.63, 3.8) is 0 Å². The Morgan fingerprint density at radius 1 is 1.27 bits per heavy atom. The predicted octanol–water partition coefficient (Wildman–Crippen LogP) is 2.98. The van der Waals surface area contributed by atoms with Crippen LogP contribution in [0.25, 0.3) is 21.9 Å². The number of likely N-dealkylation sites (tertiary alicyclic amines) is 1. The van der Waals surface area contributed by atoms with E-state index >= 15 is 0 Å². The third-order valence-electron chi connectivity index (χ3n) is 5.58. The molecule has 2 heterocycles. The molecular formula is C22H22F2N2O4. The lowest BCUT2D eigenvalue weighted by molar-refractivity contribution is -0.133. The molecule has 2 N–H and O–H groups in total. The van der Waals surface area contributed by atoms with Crippen molar-refractivity contribution in [1.29, 1.82) is 0 Å². The Hall–Kier alpha value is -3.00. The van der Waals surface area contributed by atoms with Crippen molar-refractivity contribution >= 4 is 33.8 Å². The quantitative estimate of drug-likeness (QED) is 0.670. The monoisotopic (exact) mass is 416 g/mol. The maximum atomic E-state index is 14.4. The van der Waals surface area contributed by atoms with Crippen LogP contribution in [0, 0.1) is 0 Å². The van der Waals surface area contributed by atoms with Gasteiger partial charge in [0, 0.05) is 22.8 Å². The van der Waals surface area contributed by atoms with Crippen LogP contribution in [-0.4, -0.2) is 59.4 Å². The Morgan fingerprint density at radius 2 is 2.00 bits per heavy atom. The summed E-state index contributed by atoms with van der Waals surface area (Å²) in [4.78, 5) is 26.2. The molecule has 1 aliphatic rings. The minimum absolute atomic E-state index is 0.273. The molecule has 3 atom stereocenters. The smallest absolute Gasteiger partial charge is 0.251 e. The molecule has 2 aromatic carbocycles. The molecule has 6 nitrogen and oxygen atoms in total. The molecule has 0 bridgehead atoms. The van der Waals surface area contributed by atoms with Crippen LogP contribution in [0.4, 0.5) is 8.78 Å². The van der Waals surface area contributed by atoms with Crippen LogP contribution in [0.1, 0.15) is 23.7 Å². The van der Waals surface area contributed by atoms with Crippen LogP contribution >= 0.6 is 0 Å². The number of para-hydroxylation sites is 1. The molecule has 1 aliphatic heterocycles. The Kier molecular flexibility index (Phi) is 5.19. The van der Waals surface area contributed by atoms with Crippen molar-refractivity contribution in [3.05, 3.63) is 48.0 Å². The van der Waals surface area contributed by atoms with Crippen LogP contribution in [0.15, 0.2) is 46.9 Å². The van der Waals surface area contributed by atoms with Crippen LogP contribution in [0.5, 0.6) is 0 Å². The number of furan rings is 1. The summed E-state index contributed by atoms with van der Waals surface area (Å²) in [5.41, 5.74) is -0.472. The largest absolute Gasteiger partial charge is 0.456 e. The van der Waals surface area contributed by atoms with E-state index in [1.807, 2.05) is 24.3 Å². The van der Waals surface area contributed by atoms with Gasteiger partial charge < -0.3 is 19.7 Å². The van der Waals surface area contributed by atoms with Gasteiger partial charge in [0.25, 0.3) is 5.91 Å². The van der Waals surface area contributed by atoms with Crippen molar-refractivity contribution in [1.82, 2.24) is 10.2 Å². The molecule has 1 fully saturated rings. The number of aliphatic hydroxyl groups is 1. The molecule has 2 amide bonds. The number of hydrogen-bond acceptors (Lipinski definition) is 4. The highest BCUT2D eigenvalue weighted by molar-refractivity contribution is 6.08. The molecule has 1 saturated heterocycles. The highest BCUT2D eigenvalue weighted by Gasteiger charge is 2.48. The summed E-state index contributed by atoms with van der Waals surface area (Å²) in [7, 11) is 0. The number of carbonyl (C=O) groups excluding carboxylic acids is 2. The lowest BCUT2D eigenvalue weighted by atomic mass is 10.0. The Balaban J connectivity index is 1.47. The van der Waals surface area contributed by atoms with Crippen LogP contribution in [0.2, 0.25) is 0 Å². The van der Waals surface area contributed by atoms with Crippen molar-refractivity contribution in [2.75, 3.05) is 19.8 Å². The van der Waals surface area contributed by atoms with Gasteiger partial charge in [0.15, 0.2) is 5.67 Å². The summed E-state index contributed by atoms with van der Waals surface area (Å²) in [6, 6.07) is 11.6. The summed E-state index contributed by atoms with van der Waals surface area (Å²) < 4.78 is 33.2. The minimum atomic E-state index is -2.17. The summed E-state index contributed by atoms with van der Waals surface area (Å²) in [5.74, 6) is -1.04. The normalized spacial score (nSPS) is 22.5. The number of hydrogen-bond donors (Lipinski definition) is 2. The predicted molar refractivity (Wildman–Crippen MR) is 108 cm³/mol. The zero-order valence-corrected chi connectivity index (χ0v) is 16.4. The lowest BCUT2D eigenvalue weighted by Gasteiger charge is -2.26. The third kappa shape index (κ3) is 3.63. The van der Waals surface area contributed by atoms with Crippen LogP contribution in [0.3, 0.4) is 0 Å². The van der Waals surface area contributed by atoms with Gasteiger partial charge in [0.2, 0.25) is 5.91 Å². The maximum absolute atomic E-state index is 14.4. The standard InChI is InChI=1S/C22H22F2N2O4/c1-13(27)17-9-22(24,11-23)12-26(17)20(28)10-25-21(29)14-6-7-19-16(8-14)15-4-2-3-5-18(15)30-19/h2-8,13,17,27H,9-12H2,1H3,(H,25,29)/t13?,17-,22-/m0/s1. The summed E-state index contributed by atoms with van der Waals surface area (Å²) in [6.07, 6.45) is -1.28. The van der Waals surface area contributed by atoms with Gasteiger partial charge in [-0.05, 0) is 31.2 Å². The van der Waals surface area contributed by atoms with Gasteiger partial charge >= 0.3 is 0 Å². The fourth-order valence-electron chi connectivity index (χ4n) is 4.00. The molecule has 1 aromatic heterocycles. The first-order valence-electron chi connectivity index (χ1n) is 9.73. The van der Waals surface area contributed by atoms with Crippen LogP contribution in [-0.2, 0) is 4.79 Å². The Morgan fingerprint density at radius 3 is 2.73 bits per heavy atom. The molecular weight excluding hydrogens is 394 g/mol. The second-order valence-electron chi connectivity index (χ2n) is 7.81. The molecule has 0 aliphatic carbocycles. The van der Waals surface area contributed by atoms with E-state index in [2.05, 4.69) is 5.32 Å². The fraction of sp³-hybridized carbons (Fsp3) is 0.364.